The van der Waals surface area contributed by atoms with Crippen LogP contribution in [0.3, 0.4) is 0 Å². The van der Waals surface area contributed by atoms with Gasteiger partial charge in [0.15, 0.2) is 8.24 Å². The van der Waals surface area contributed by atoms with E-state index in [1.807, 2.05) is 0 Å². The van der Waals surface area contributed by atoms with Crippen molar-refractivity contribution < 1.29 is 0 Å². The standard InChI is InChI=1S/C21H25NSi/c1-17-15-18(2)21(3,16-17)23(4,20-13-9-6-10-14-20)22-19-11-7-5-8-12-19/h5-16,22H,1-4H3. The number of benzene rings is 2. The second kappa shape index (κ2) is 5.86. The summed E-state index contributed by atoms with van der Waals surface area (Å²) in [6.07, 6.45) is 4.79. The summed E-state index contributed by atoms with van der Waals surface area (Å²) in [4.78, 5) is 3.96. The van der Waals surface area contributed by atoms with E-state index in [0.29, 0.717) is 0 Å². The van der Waals surface area contributed by atoms with Gasteiger partial charge in [0.1, 0.15) is 0 Å². The van der Waals surface area contributed by atoms with E-state index in [1.54, 1.807) is 0 Å². The number of hydrogen-bond acceptors (Lipinski definition) is 1. The maximum Gasteiger partial charge on any atom is 0.196 e. The van der Waals surface area contributed by atoms with E-state index in [9.17, 15) is 0 Å². The Hall–Kier alpha value is -2.06. The Balaban J connectivity index is 2.14. The normalized spacial score (nSPS) is 23.0. The van der Waals surface area contributed by atoms with Gasteiger partial charge in [-0.3, -0.25) is 0 Å². The molecule has 23 heavy (non-hydrogen) atoms. The Morgan fingerprint density at radius 1 is 0.870 bits per heavy atom. The van der Waals surface area contributed by atoms with E-state index in [4.69, 9.17) is 0 Å². The van der Waals surface area contributed by atoms with Gasteiger partial charge in [-0.2, -0.15) is 0 Å². The van der Waals surface area contributed by atoms with E-state index >= 15 is 0 Å². The van der Waals surface area contributed by atoms with Crippen LogP contribution in [0.15, 0.2) is 84.0 Å². The van der Waals surface area contributed by atoms with E-state index in [0.717, 1.165) is 0 Å². The van der Waals surface area contributed by atoms with Gasteiger partial charge in [0, 0.05) is 10.7 Å². The first-order valence-electron chi connectivity index (χ1n) is 8.23. The molecule has 0 aliphatic heterocycles. The summed E-state index contributed by atoms with van der Waals surface area (Å²) >= 11 is 0. The van der Waals surface area contributed by atoms with Crippen molar-refractivity contribution in [3.8, 4) is 0 Å². The third-order valence-corrected chi connectivity index (χ3v) is 10.2. The Morgan fingerprint density at radius 3 is 1.96 bits per heavy atom. The zero-order chi connectivity index (χ0) is 16.5. The van der Waals surface area contributed by atoms with Gasteiger partial charge in [0.05, 0.1) is 0 Å². The zero-order valence-corrected chi connectivity index (χ0v) is 15.4. The molecule has 0 radical (unpaired) electrons. The lowest BCUT2D eigenvalue weighted by Crippen LogP contribution is -2.60. The Morgan fingerprint density at radius 2 is 1.43 bits per heavy atom. The van der Waals surface area contributed by atoms with Crippen molar-refractivity contribution in [3.63, 3.8) is 0 Å². The molecule has 0 bridgehead atoms. The van der Waals surface area contributed by atoms with Crippen LogP contribution in [-0.2, 0) is 0 Å². The fourth-order valence-corrected chi connectivity index (χ4v) is 7.71. The highest BCUT2D eigenvalue weighted by molar-refractivity contribution is 6.96. The minimum atomic E-state index is -2.06. The fraction of sp³-hybridized carbons (Fsp3) is 0.238. The summed E-state index contributed by atoms with van der Waals surface area (Å²) in [6, 6.07) is 21.6. The third-order valence-electron chi connectivity index (χ3n) is 5.34. The maximum atomic E-state index is 3.96. The number of anilines is 1. The number of para-hydroxylation sites is 1. The van der Waals surface area contributed by atoms with E-state index in [1.165, 1.54) is 22.0 Å². The van der Waals surface area contributed by atoms with Crippen LogP contribution in [0.25, 0.3) is 0 Å². The van der Waals surface area contributed by atoms with Crippen molar-refractivity contribution in [2.45, 2.75) is 32.4 Å². The van der Waals surface area contributed by atoms with E-state index in [-0.39, 0.29) is 5.04 Å². The monoisotopic (exact) mass is 319 g/mol. The zero-order valence-electron chi connectivity index (χ0n) is 14.4. The van der Waals surface area contributed by atoms with Gasteiger partial charge >= 0.3 is 0 Å². The molecule has 1 aliphatic carbocycles. The molecule has 2 atom stereocenters. The molecule has 0 spiro atoms. The molecule has 0 amide bonds. The quantitative estimate of drug-likeness (QED) is 0.759. The van der Waals surface area contributed by atoms with Crippen molar-refractivity contribution in [3.05, 3.63) is 84.0 Å². The summed E-state index contributed by atoms with van der Waals surface area (Å²) in [6.45, 7) is 9.32. The average Bonchev–Trinajstić information content (AvgIpc) is 2.83. The smallest absolute Gasteiger partial charge is 0.196 e. The Kier molecular flexibility index (Phi) is 4.03. The molecule has 3 rings (SSSR count). The lowest BCUT2D eigenvalue weighted by atomic mass is 10.1. The minimum absolute atomic E-state index is 0.0638. The lowest BCUT2D eigenvalue weighted by Gasteiger charge is -2.44. The van der Waals surface area contributed by atoms with Crippen LogP contribution in [0.5, 0.6) is 0 Å². The predicted octanol–water partition coefficient (Wildman–Crippen LogP) is 5.25. The third kappa shape index (κ3) is 2.68. The van der Waals surface area contributed by atoms with E-state index < -0.39 is 8.24 Å². The highest BCUT2D eigenvalue weighted by atomic mass is 28.3. The summed E-state index contributed by atoms with van der Waals surface area (Å²) in [5.74, 6) is 0. The Labute approximate surface area is 140 Å². The second-order valence-electron chi connectivity index (χ2n) is 6.90. The molecular formula is C21H25NSi. The van der Waals surface area contributed by atoms with Crippen LogP contribution < -0.4 is 10.2 Å². The molecule has 118 valence electrons. The number of allylic oxidation sites excluding steroid dienone is 4. The van der Waals surface area contributed by atoms with Crippen LogP contribution in [0.1, 0.15) is 20.8 Å². The van der Waals surface area contributed by atoms with Gasteiger partial charge in [0.25, 0.3) is 0 Å². The van der Waals surface area contributed by atoms with Gasteiger partial charge in [-0.1, -0.05) is 78.8 Å². The first-order valence-corrected chi connectivity index (χ1v) is 10.7. The first kappa shape index (κ1) is 15.8. The van der Waals surface area contributed by atoms with Crippen LogP contribution in [0.2, 0.25) is 11.6 Å². The maximum absolute atomic E-state index is 3.96. The number of hydrogen-bond donors (Lipinski definition) is 1. The molecular weight excluding hydrogens is 294 g/mol. The predicted molar refractivity (Wildman–Crippen MR) is 104 cm³/mol. The molecule has 0 fully saturated rings. The highest BCUT2D eigenvalue weighted by Crippen LogP contribution is 2.50. The molecule has 1 N–H and O–H groups in total. The molecule has 1 aliphatic rings. The highest BCUT2D eigenvalue weighted by Gasteiger charge is 2.50. The molecule has 0 aromatic heterocycles. The SMILES string of the molecule is CC1=CC(C)([Si](C)(Nc2ccccc2)c2ccccc2)C(C)=C1. The van der Waals surface area contributed by atoms with Crippen molar-refractivity contribution in [2.75, 3.05) is 4.98 Å². The van der Waals surface area contributed by atoms with Crippen LogP contribution in [-0.4, -0.2) is 8.24 Å². The van der Waals surface area contributed by atoms with Crippen molar-refractivity contribution >= 4 is 19.1 Å². The van der Waals surface area contributed by atoms with Crippen LogP contribution >= 0.6 is 0 Å². The molecule has 2 unspecified atom stereocenters. The fourth-order valence-electron chi connectivity index (χ4n) is 3.72. The van der Waals surface area contributed by atoms with E-state index in [2.05, 4.69) is 105 Å². The molecule has 0 saturated heterocycles. The van der Waals surface area contributed by atoms with Crippen molar-refractivity contribution in [1.29, 1.82) is 0 Å². The summed E-state index contributed by atoms with van der Waals surface area (Å²) < 4.78 is 0. The summed E-state index contributed by atoms with van der Waals surface area (Å²) in [5, 5.41) is 1.50. The topological polar surface area (TPSA) is 12.0 Å². The second-order valence-corrected chi connectivity index (χ2v) is 11.0. The van der Waals surface area contributed by atoms with Crippen LogP contribution in [0.4, 0.5) is 5.69 Å². The van der Waals surface area contributed by atoms with Gasteiger partial charge in [0.2, 0.25) is 0 Å². The minimum Gasteiger partial charge on any atom is -0.406 e. The molecule has 0 heterocycles. The summed E-state index contributed by atoms with van der Waals surface area (Å²) in [7, 11) is -2.06. The number of nitrogens with one attached hydrogen (secondary N) is 1. The summed E-state index contributed by atoms with van der Waals surface area (Å²) in [5.41, 5.74) is 4.03. The lowest BCUT2D eigenvalue weighted by molar-refractivity contribution is 0.863. The Bertz CT molecular complexity index is 748. The van der Waals surface area contributed by atoms with Crippen molar-refractivity contribution in [2.24, 2.45) is 0 Å². The molecule has 2 aromatic rings. The molecule has 1 nitrogen and oxygen atoms in total. The van der Waals surface area contributed by atoms with Crippen LogP contribution in [0, 0.1) is 0 Å². The molecule has 2 aromatic carbocycles. The van der Waals surface area contributed by atoms with Gasteiger partial charge < -0.3 is 4.98 Å². The largest absolute Gasteiger partial charge is 0.406 e. The van der Waals surface area contributed by atoms with Gasteiger partial charge in [-0.15, -0.1) is 0 Å². The van der Waals surface area contributed by atoms with Gasteiger partial charge in [-0.25, -0.2) is 0 Å². The first-order chi connectivity index (χ1) is 11.0. The molecule has 0 saturated carbocycles. The van der Waals surface area contributed by atoms with Crippen molar-refractivity contribution in [1.82, 2.24) is 0 Å². The average molecular weight is 320 g/mol. The molecule has 2 heteroatoms. The van der Waals surface area contributed by atoms with Gasteiger partial charge in [-0.05, 0) is 37.7 Å². The number of rotatable bonds is 4.